The van der Waals surface area contributed by atoms with Gasteiger partial charge in [-0.3, -0.25) is 0 Å². The molecule has 0 aliphatic carbocycles. The third kappa shape index (κ3) is 4.21. The average molecular weight is 311 g/mol. The molecular weight excluding hydrogens is 297 g/mol. The highest BCUT2D eigenvalue weighted by Crippen LogP contribution is 2.33. The maximum Gasteiger partial charge on any atom is 0.0719 e. The van der Waals surface area contributed by atoms with E-state index in [1.807, 2.05) is 12.1 Å². The van der Waals surface area contributed by atoms with Crippen molar-refractivity contribution in [3.8, 4) is 0 Å². The Morgan fingerprint density at radius 3 is 2.33 bits per heavy atom. The van der Waals surface area contributed by atoms with E-state index in [0.717, 1.165) is 23.1 Å². The molecule has 0 atom stereocenters. The van der Waals surface area contributed by atoms with Gasteiger partial charge in [0.05, 0.1) is 15.7 Å². The van der Waals surface area contributed by atoms with Crippen molar-refractivity contribution in [1.82, 2.24) is 0 Å². The molecule has 0 radical (unpaired) electrons. The van der Waals surface area contributed by atoms with Crippen LogP contribution in [0.1, 0.15) is 26.2 Å². The zero-order chi connectivity index (χ0) is 11.3. The predicted octanol–water partition coefficient (Wildman–Crippen LogP) is 5.36. The van der Waals surface area contributed by atoms with Crippen LogP contribution >= 0.6 is 39.1 Å². The summed E-state index contributed by atoms with van der Waals surface area (Å²) in [5, 5.41) is 4.57. The fourth-order valence-corrected chi connectivity index (χ4v) is 2.64. The van der Waals surface area contributed by atoms with Crippen LogP contribution in [0.15, 0.2) is 16.6 Å². The van der Waals surface area contributed by atoms with Gasteiger partial charge < -0.3 is 5.32 Å². The molecule has 15 heavy (non-hydrogen) atoms. The molecule has 1 N–H and O–H groups in total. The highest BCUT2D eigenvalue weighted by atomic mass is 79.9. The van der Waals surface area contributed by atoms with Gasteiger partial charge in [-0.25, -0.2) is 0 Å². The molecule has 0 fully saturated rings. The number of hydrogen-bond donors (Lipinski definition) is 1. The van der Waals surface area contributed by atoms with Crippen LogP contribution in [-0.2, 0) is 0 Å². The Balaban J connectivity index is 2.60. The van der Waals surface area contributed by atoms with Gasteiger partial charge in [-0.2, -0.15) is 0 Å². The Hall–Kier alpha value is 0.0800. The van der Waals surface area contributed by atoms with Crippen LogP contribution in [0.3, 0.4) is 0 Å². The van der Waals surface area contributed by atoms with E-state index in [1.54, 1.807) is 0 Å². The number of anilines is 1. The van der Waals surface area contributed by atoms with Crippen LogP contribution in [0.4, 0.5) is 5.69 Å². The zero-order valence-corrected chi connectivity index (χ0v) is 11.7. The molecule has 0 saturated carbocycles. The maximum absolute atomic E-state index is 6.07. The average Bonchev–Trinajstić information content (AvgIpc) is 2.15. The highest BCUT2D eigenvalue weighted by Gasteiger charge is 2.06. The molecule has 0 spiro atoms. The van der Waals surface area contributed by atoms with E-state index in [0.29, 0.717) is 10.0 Å². The summed E-state index contributed by atoms with van der Waals surface area (Å²) in [6.45, 7) is 3.09. The largest absolute Gasteiger partial charge is 0.383 e. The lowest BCUT2D eigenvalue weighted by molar-refractivity contribution is 0.744. The van der Waals surface area contributed by atoms with Gasteiger partial charge in [0.2, 0.25) is 0 Å². The van der Waals surface area contributed by atoms with E-state index in [9.17, 15) is 0 Å². The van der Waals surface area contributed by atoms with E-state index in [2.05, 4.69) is 28.2 Å². The van der Waals surface area contributed by atoms with E-state index in [-0.39, 0.29) is 0 Å². The first-order valence-corrected chi connectivity index (χ1v) is 6.58. The molecule has 0 amide bonds. The van der Waals surface area contributed by atoms with E-state index in [4.69, 9.17) is 23.2 Å². The second kappa shape index (κ2) is 6.62. The molecular formula is C11H14BrCl2N. The molecule has 84 valence electrons. The molecule has 0 aliphatic rings. The fourth-order valence-electron chi connectivity index (χ4n) is 1.30. The Bertz CT molecular complexity index is 305. The lowest BCUT2D eigenvalue weighted by Gasteiger charge is -2.10. The Morgan fingerprint density at radius 1 is 1.20 bits per heavy atom. The summed E-state index contributed by atoms with van der Waals surface area (Å²) in [6, 6.07) is 3.69. The van der Waals surface area contributed by atoms with E-state index < -0.39 is 0 Å². The summed E-state index contributed by atoms with van der Waals surface area (Å²) >= 11 is 15.5. The second-order valence-electron chi connectivity index (χ2n) is 3.38. The van der Waals surface area contributed by atoms with Gasteiger partial charge in [-0.1, -0.05) is 58.9 Å². The summed E-state index contributed by atoms with van der Waals surface area (Å²) in [4.78, 5) is 0. The Labute approximate surface area is 109 Å². The van der Waals surface area contributed by atoms with Gasteiger partial charge in [-0.15, -0.1) is 0 Å². The lowest BCUT2D eigenvalue weighted by atomic mass is 10.2. The monoisotopic (exact) mass is 309 g/mol. The number of hydrogen-bond acceptors (Lipinski definition) is 1. The van der Waals surface area contributed by atoms with Crippen molar-refractivity contribution in [1.29, 1.82) is 0 Å². The zero-order valence-electron chi connectivity index (χ0n) is 8.62. The first kappa shape index (κ1) is 13.1. The second-order valence-corrected chi connectivity index (χ2v) is 5.11. The van der Waals surface area contributed by atoms with Gasteiger partial charge >= 0.3 is 0 Å². The van der Waals surface area contributed by atoms with Crippen molar-refractivity contribution in [3.63, 3.8) is 0 Å². The van der Waals surface area contributed by atoms with Crippen molar-refractivity contribution >= 4 is 44.8 Å². The van der Waals surface area contributed by atoms with Crippen LogP contribution in [0.2, 0.25) is 10.0 Å². The summed E-state index contributed by atoms with van der Waals surface area (Å²) in [6.07, 6.45) is 3.57. The highest BCUT2D eigenvalue weighted by molar-refractivity contribution is 9.10. The van der Waals surface area contributed by atoms with Crippen molar-refractivity contribution in [2.75, 3.05) is 11.9 Å². The van der Waals surface area contributed by atoms with Crippen LogP contribution in [-0.4, -0.2) is 6.54 Å². The number of nitrogens with one attached hydrogen (secondary N) is 1. The molecule has 0 unspecified atom stereocenters. The molecule has 1 aromatic carbocycles. The van der Waals surface area contributed by atoms with Crippen LogP contribution < -0.4 is 5.32 Å². The minimum atomic E-state index is 0.658. The molecule has 1 aromatic rings. The quantitative estimate of drug-likeness (QED) is 0.722. The smallest absolute Gasteiger partial charge is 0.0719 e. The minimum Gasteiger partial charge on any atom is -0.383 e. The third-order valence-corrected chi connectivity index (χ3v) is 3.14. The molecule has 1 rings (SSSR count). The molecule has 4 heteroatoms. The van der Waals surface area contributed by atoms with E-state index in [1.165, 1.54) is 12.8 Å². The van der Waals surface area contributed by atoms with Gasteiger partial charge in [0, 0.05) is 11.0 Å². The van der Waals surface area contributed by atoms with Gasteiger partial charge in [0.15, 0.2) is 0 Å². The van der Waals surface area contributed by atoms with Crippen molar-refractivity contribution in [3.05, 3.63) is 26.7 Å². The fraction of sp³-hybridized carbons (Fsp3) is 0.455. The summed E-state index contributed by atoms with van der Waals surface area (Å²) in [5.41, 5.74) is 0.831. The lowest BCUT2D eigenvalue weighted by Crippen LogP contribution is -2.02. The van der Waals surface area contributed by atoms with Crippen molar-refractivity contribution < 1.29 is 0 Å². The summed E-state index contributed by atoms with van der Waals surface area (Å²) < 4.78 is 0.900. The van der Waals surface area contributed by atoms with Gasteiger partial charge in [-0.05, 0) is 18.6 Å². The molecule has 0 saturated heterocycles. The van der Waals surface area contributed by atoms with Crippen molar-refractivity contribution in [2.45, 2.75) is 26.2 Å². The van der Waals surface area contributed by atoms with Gasteiger partial charge in [0.25, 0.3) is 0 Å². The van der Waals surface area contributed by atoms with Crippen LogP contribution in [0.5, 0.6) is 0 Å². The van der Waals surface area contributed by atoms with Crippen LogP contribution in [0.25, 0.3) is 0 Å². The first-order chi connectivity index (χ1) is 7.15. The minimum absolute atomic E-state index is 0.658. The van der Waals surface area contributed by atoms with Gasteiger partial charge in [0.1, 0.15) is 0 Å². The maximum atomic E-state index is 6.07. The third-order valence-electron chi connectivity index (χ3n) is 2.09. The molecule has 0 aliphatic heterocycles. The molecule has 0 bridgehead atoms. The molecule has 0 heterocycles. The van der Waals surface area contributed by atoms with E-state index >= 15 is 0 Å². The number of rotatable bonds is 5. The van der Waals surface area contributed by atoms with Crippen LogP contribution in [0, 0.1) is 0 Å². The predicted molar refractivity (Wildman–Crippen MR) is 72.2 cm³/mol. The Morgan fingerprint density at radius 2 is 1.80 bits per heavy atom. The molecule has 1 nitrogen and oxygen atoms in total. The standard InChI is InChI=1S/C11H14BrCl2N/c1-2-3-4-5-15-11-9(13)6-8(12)7-10(11)14/h6-7,15H,2-5H2,1H3. The topological polar surface area (TPSA) is 12.0 Å². The first-order valence-electron chi connectivity index (χ1n) is 5.03. The normalized spacial score (nSPS) is 10.4. The summed E-state index contributed by atoms with van der Waals surface area (Å²) in [7, 11) is 0. The molecule has 0 aromatic heterocycles. The number of benzene rings is 1. The Kier molecular flexibility index (Phi) is 5.80. The van der Waals surface area contributed by atoms with Crippen molar-refractivity contribution in [2.24, 2.45) is 0 Å². The SMILES string of the molecule is CCCCCNc1c(Cl)cc(Br)cc1Cl. The summed E-state index contributed by atoms with van der Waals surface area (Å²) in [5.74, 6) is 0. The number of unbranched alkanes of at least 4 members (excludes halogenated alkanes) is 2. The number of halogens is 3.